The van der Waals surface area contributed by atoms with Crippen LogP contribution >= 0.6 is 0 Å². The Morgan fingerprint density at radius 1 is 1.44 bits per heavy atom. The largest absolute Gasteiger partial charge is 0.361 e. The standard InChI is InChI=1S/C6H10O3/c1-6(2,5-8)9-4-3-7/h3,5H,4H2,1-2H3. The molecule has 52 valence electrons. The van der Waals surface area contributed by atoms with Gasteiger partial charge in [-0.3, -0.25) is 0 Å². The second kappa shape index (κ2) is 3.35. The summed E-state index contributed by atoms with van der Waals surface area (Å²) in [6.45, 7) is 3.18. The lowest BCUT2D eigenvalue weighted by Gasteiger charge is -2.14. The van der Waals surface area contributed by atoms with Gasteiger partial charge in [0.05, 0.1) is 0 Å². The minimum absolute atomic E-state index is 0.0221. The van der Waals surface area contributed by atoms with Gasteiger partial charge in [0.2, 0.25) is 0 Å². The maximum absolute atomic E-state index is 10.1. The first kappa shape index (κ1) is 8.30. The van der Waals surface area contributed by atoms with Crippen molar-refractivity contribution in [3.05, 3.63) is 0 Å². The van der Waals surface area contributed by atoms with Crippen molar-refractivity contribution >= 4 is 12.6 Å². The van der Waals surface area contributed by atoms with Gasteiger partial charge in [0.25, 0.3) is 0 Å². The van der Waals surface area contributed by atoms with Crippen LogP contribution in [0.15, 0.2) is 0 Å². The minimum Gasteiger partial charge on any atom is -0.361 e. The lowest BCUT2D eigenvalue weighted by Crippen LogP contribution is -2.26. The van der Waals surface area contributed by atoms with Crippen LogP contribution in [0, 0.1) is 0 Å². The predicted molar refractivity (Wildman–Crippen MR) is 32.2 cm³/mol. The molecular formula is C6H10O3. The third-order valence-corrected chi connectivity index (χ3v) is 0.807. The van der Waals surface area contributed by atoms with E-state index in [2.05, 4.69) is 0 Å². The SMILES string of the molecule is CC(C)(C=O)OCC=O. The Hall–Kier alpha value is -0.700. The zero-order chi connectivity index (χ0) is 7.33. The van der Waals surface area contributed by atoms with Crippen molar-refractivity contribution in [1.82, 2.24) is 0 Å². The van der Waals surface area contributed by atoms with Crippen molar-refractivity contribution < 1.29 is 14.3 Å². The van der Waals surface area contributed by atoms with Crippen molar-refractivity contribution in [3.8, 4) is 0 Å². The molecule has 3 heteroatoms. The lowest BCUT2D eigenvalue weighted by molar-refractivity contribution is -0.130. The number of aldehydes is 2. The van der Waals surface area contributed by atoms with Crippen molar-refractivity contribution in [2.24, 2.45) is 0 Å². The van der Waals surface area contributed by atoms with Crippen LogP contribution in [0.2, 0.25) is 0 Å². The second-order valence-electron chi connectivity index (χ2n) is 2.20. The van der Waals surface area contributed by atoms with Gasteiger partial charge in [-0.1, -0.05) is 0 Å². The summed E-state index contributed by atoms with van der Waals surface area (Å²) in [7, 11) is 0. The number of hydrogen-bond donors (Lipinski definition) is 0. The molecular weight excluding hydrogens is 120 g/mol. The van der Waals surface area contributed by atoms with E-state index in [0.29, 0.717) is 12.6 Å². The molecule has 0 saturated heterocycles. The summed E-state index contributed by atoms with van der Waals surface area (Å²) in [6.07, 6.45) is 1.28. The Balaban J connectivity index is 3.57. The summed E-state index contributed by atoms with van der Waals surface area (Å²) < 4.78 is 4.79. The summed E-state index contributed by atoms with van der Waals surface area (Å²) in [5, 5.41) is 0. The molecule has 3 nitrogen and oxygen atoms in total. The van der Waals surface area contributed by atoms with Gasteiger partial charge in [-0.15, -0.1) is 0 Å². The number of carbonyl (C=O) groups excluding carboxylic acids is 2. The van der Waals surface area contributed by atoms with E-state index in [-0.39, 0.29) is 6.61 Å². The molecule has 0 fully saturated rings. The number of carbonyl (C=O) groups is 2. The van der Waals surface area contributed by atoms with Crippen molar-refractivity contribution in [2.45, 2.75) is 19.4 Å². The van der Waals surface area contributed by atoms with E-state index >= 15 is 0 Å². The first-order chi connectivity index (χ1) is 4.12. The van der Waals surface area contributed by atoms with E-state index in [0.717, 1.165) is 0 Å². The van der Waals surface area contributed by atoms with Crippen LogP contribution in [0.3, 0.4) is 0 Å². The molecule has 0 aromatic rings. The molecule has 9 heavy (non-hydrogen) atoms. The topological polar surface area (TPSA) is 43.4 Å². The molecule has 0 aliphatic heterocycles. The van der Waals surface area contributed by atoms with Gasteiger partial charge >= 0.3 is 0 Å². The van der Waals surface area contributed by atoms with Crippen LogP contribution in [0.4, 0.5) is 0 Å². The van der Waals surface area contributed by atoms with Crippen LogP contribution in [-0.2, 0) is 14.3 Å². The average Bonchev–Trinajstić information content (AvgIpc) is 1.84. The van der Waals surface area contributed by atoms with Crippen LogP contribution in [0.5, 0.6) is 0 Å². The Labute approximate surface area is 54.0 Å². The predicted octanol–water partition coefficient (Wildman–Crippen LogP) is 0.179. The first-order valence-electron chi connectivity index (χ1n) is 2.66. The number of rotatable bonds is 4. The molecule has 0 aliphatic carbocycles. The van der Waals surface area contributed by atoms with Crippen LogP contribution < -0.4 is 0 Å². The number of hydrogen-bond acceptors (Lipinski definition) is 3. The monoisotopic (exact) mass is 130 g/mol. The van der Waals surface area contributed by atoms with Crippen LogP contribution in [-0.4, -0.2) is 24.8 Å². The van der Waals surface area contributed by atoms with Gasteiger partial charge in [0, 0.05) is 0 Å². The average molecular weight is 130 g/mol. The Bertz CT molecular complexity index is 107. The molecule has 0 bridgehead atoms. The van der Waals surface area contributed by atoms with E-state index < -0.39 is 5.60 Å². The fourth-order valence-corrected chi connectivity index (χ4v) is 0.283. The third-order valence-electron chi connectivity index (χ3n) is 0.807. The highest BCUT2D eigenvalue weighted by Gasteiger charge is 2.15. The van der Waals surface area contributed by atoms with E-state index in [1.807, 2.05) is 0 Å². The zero-order valence-electron chi connectivity index (χ0n) is 5.59. The normalized spacial score (nSPS) is 10.9. The quantitative estimate of drug-likeness (QED) is 0.510. The van der Waals surface area contributed by atoms with Gasteiger partial charge < -0.3 is 14.3 Å². The van der Waals surface area contributed by atoms with Gasteiger partial charge in [0.15, 0.2) is 6.29 Å². The first-order valence-corrected chi connectivity index (χ1v) is 2.66. The molecule has 0 heterocycles. The maximum atomic E-state index is 10.1. The molecule has 0 N–H and O–H groups in total. The molecule has 0 spiro atoms. The molecule has 0 unspecified atom stereocenters. The Morgan fingerprint density at radius 2 is 2.00 bits per heavy atom. The van der Waals surface area contributed by atoms with Gasteiger partial charge in [0.1, 0.15) is 18.5 Å². The third kappa shape index (κ3) is 3.85. The fourth-order valence-electron chi connectivity index (χ4n) is 0.283. The molecule has 0 atom stereocenters. The molecule has 0 saturated carbocycles. The highest BCUT2D eigenvalue weighted by atomic mass is 16.5. The summed E-state index contributed by atoms with van der Waals surface area (Å²) in [6, 6.07) is 0. The lowest BCUT2D eigenvalue weighted by atomic mass is 10.2. The van der Waals surface area contributed by atoms with Gasteiger partial charge in [-0.2, -0.15) is 0 Å². The smallest absolute Gasteiger partial charge is 0.151 e. The molecule has 0 radical (unpaired) electrons. The van der Waals surface area contributed by atoms with E-state index in [1.54, 1.807) is 13.8 Å². The molecule has 0 aliphatic rings. The van der Waals surface area contributed by atoms with Gasteiger partial charge in [-0.25, -0.2) is 0 Å². The summed E-state index contributed by atoms with van der Waals surface area (Å²) in [4.78, 5) is 19.8. The summed E-state index contributed by atoms with van der Waals surface area (Å²) in [5.74, 6) is 0. The fraction of sp³-hybridized carbons (Fsp3) is 0.667. The van der Waals surface area contributed by atoms with Crippen molar-refractivity contribution in [2.75, 3.05) is 6.61 Å². The zero-order valence-corrected chi connectivity index (χ0v) is 5.59. The van der Waals surface area contributed by atoms with E-state index in [1.165, 1.54) is 0 Å². The summed E-state index contributed by atoms with van der Waals surface area (Å²) in [5.41, 5.74) is -0.819. The Kier molecular flexibility index (Phi) is 3.09. The van der Waals surface area contributed by atoms with Crippen LogP contribution in [0.25, 0.3) is 0 Å². The highest BCUT2D eigenvalue weighted by Crippen LogP contribution is 2.02. The maximum Gasteiger partial charge on any atom is 0.151 e. The second-order valence-corrected chi connectivity index (χ2v) is 2.20. The molecule has 0 rings (SSSR count). The molecule has 0 aromatic heterocycles. The van der Waals surface area contributed by atoms with Crippen molar-refractivity contribution in [1.29, 1.82) is 0 Å². The van der Waals surface area contributed by atoms with E-state index in [4.69, 9.17) is 4.74 Å². The van der Waals surface area contributed by atoms with Crippen LogP contribution in [0.1, 0.15) is 13.8 Å². The number of ether oxygens (including phenoxy) is 1. The Morgan fingerprint density at radius 3 is 2.33 bits per heavy atom. The highest BCUT2D eigenvalue weighted by molar-refractivity contribution is 5.61. The summed E-state index contributed by atoms with van der Waals surface area (Å²) >= 11 is 0. The van der Waals surface area contributed by atoms with Crippen molar-refractivity contribution in [3.63, 3.8) is 0 Å². The van der Waals surface area contributed by atoms with Gasteiger partial charge in [-0.05, 0) is 13.8 Å². The molecule has 0 aromatic carbocycles. The molecule has 0 amide bonds. The van der Waals surface area contributed by atoms with E-state index in [9.17, 15) is 9.59 Å². The minimum atomic E-state index is -0.819.